The fourth-order valence-electron chi connectivity index (χ4n) is 3.37. The third-order valence-corrected chi connectivity index (χ3v) is 6.05. The Morgan fingerprint density at radius 1 is 1.19 bits per heavy atom. The highest BCUT2D eigenvalue weighted by molar-refractivity contribution is 7.89. The largest absolute Gasteiger partial charge is 0.465 e. The van der Waals surface area contributed by atoms with Crippen LogP contribution in [0.4, 0.5) is 5.69 Å². The van der Waals surface area contributed by atoms with Crippen molar-refractivity contribution in [3.8, 4) is 11.5 Å². The van der Waals surface area contributed by atoms with Gasteiger partial charge in [0.1, 0.15) is 16.4 Å². The summed E-state index contributed by atoms with van der Waals surface area (Å²) >= 11 is 0. The molecule has 4 rings (SSSR count). The van der Waals surface area contributed by atoms with Crippen molar-refractivity contribution in [2.24, 2.45) is 0 Å². The normalized spacial score (nSPS) is 20.2. The molecule has 8 heteroatoms. The maximum Gasteiger partial charge on any atom is 0.337 e. The van der Waals surface area contributed by atoms with Crippen LogP contribution in [-0.2, 0) is 14.8 Å². The zero-order valence-electron chi connectivity index (χ0n) is 14.1. The quantitative estimate of drug-likeness (QED) is 0.831. The molecule has 1 saturated heterocycles. The Morgan fingerprint density at radius 3 is 2.81 bits per heavy atom. The van der Waals surface area contributed by atoms with Crippen molar-refractivity contribution in [3.63, 3.8) is 0 Å². The summed E-state index contributed by atoms with van der Waals surface area (Å²) in [6.07, 6.45) is 1.58. The number of rotatable bonds is 3. The Bertz CT molecular complexity index is 973. The number of benzene rings is 2. The number of fused-ring (bicyclic) bond motifs is 3. The molecular formula is C18H18N2O5S. The van der Waals surface area contributed by atoms with Crippen LogP contribution in [0.5, 0.6) is 11.5 Å². The zero-order valence-corrected chi connectivity index (χ0v) is 15.0. The molecule has 1 N–H and O–H groups in total. The molecule has 0 spiro atoms. The lowest BCUT2D eigenvalue weighted by molar-refractivity contribution is 0.0600. The number of anilines is 1. The van der Waals surface area contributed by atoms with E-state index in [0.29, 0.717) is 22.7 Å². The van der Waals surface area contributed by atoms with Crippen molar-refractivity contribution in [3.05, 3.63) is 48.0 Å². The Hall–Kier alpha value is -2.58. The zero-order chi connectivity index (χ0) is 18.3. The Balaban J connectivity index is 1.67. The van der Waals surface area contributed by atoms with Crippen LogP contribution in [0.25, 0.3) is 0 Å². The molecule has 2 aromatic rings. The summed E-state index contributed by atoms with van der Waals surface area (Å²) in [6, 6.07) is 11.5. The minimum Gasteiger partial charge on any atom is -0.465 e. The molecule has 0 aliphatic carbocycles. The maximum absolute atomic E-state index is 12.5. The monoisotopic (exact) mass is 374 g/mol. The number of hydrogen-bond acceptors (Lipinski definition) is 6. The third kappa shape index (κ3) is 2.91. The number of hydrogen-bond donors (Lipinski definition) is 1. The second kappa shape index (κ2) is 6.30. The van der Waals surface area contributed by atoms with Crippen LogP contribution >= 0.6 is 0 Å². The first-order valence-corrected chi connectivity index (χ1v) is 9.75. The highest BCUT2D eigenvalue weighted by Gasteiger charge is 2.37. The van der Waals surface area contributed by atoms with Gasteiger partial charge in [-0.1, -0.05) is 6.07 Å². The molecule has 0 aromatic heterocycles. The van der Waals surface area contributed by atoms with Crippen LogP contribution in [-0.4, -0.2) is 34.2 Å². The molecule has 136 valence electrons. The minimum atomic E-state index is -3.58. The standard InChI is InChI=1S/C18H18N2O5S/c1-24-18(21)12-4-2-5-13(10-12)25-14-7-8-15-16(11-14)26(22,23)19-17-6-3-9-20(15)17/h2,4-5,7-8,10-11,17,19H,3,6,9H2,1H3. The first-order valence-electron chi connectivity index (χ1n) is 8.27. The minimum absolute atomic E-state index is 0.170. The molecule has 0 radical (unpaired) electrons. The van der Waals surface area contributed by atoms with Crippen molar-refractivity contribution in [2.45, 2.75) is 23.9 Å². The fourth-order valence-corrected chi connectivity index (χ4v) is 4.83. The predicted molar refractivity (Wildman–Crippen MR) is 95.0 cm³/mol. The summed E-state index contributed by atoms with van der Waals surface area (Å²) in [5.74, 6) is 0.342. The van der Waals surface area contributed by atoms with E-state index in [0.717, 1.165) is 19.4 Å². The topological polar surface area (TPSA) is 84.9 Å². The second-order valence-electron chi connectivity index (χ2n) is 6.22. The van der Waals surface area contributed by atoms with E-state index >= 15 is 0 Å². The van der Waals surface area contributed by atoms with Crippen molar-refractivity contribution in [2.75, 3.05) is 18.6 Å². The molecule has 2 aliphatic heterocycles. The molecule has 0 amide bonds. The van der Waals surface area contributed by atoms with Crippen LogP contribution in [0.1, 0.15) is 23.2 Å². The van der Waals surface area contributed by atoms with Gasteiger partial charge >= 0.3 is 5.97 Å². The molecule has 1 unspecified atom stereocenters. The molecule has 7 nitrogen and oxygen atoms in total. The van der Waals surface area contributed by atoms with Crippen LogP contribution in [0.3, 0.4) is 0 Å². The van der Waals surface area contributed by atoms with E-state index in [1.807, 2.05) is 0 Å². The van der Waals surface area contributed by atoms with E-state index in [9.17, 15) is 13.2 Å². The van der Waals surface area contributed by atoms with Crippen molar-refractivity contribution >= 4 is 21.7 Å². The van der Waals surface area contributed by atoms with E-state index in [-0.39, 0.29) is 11.1 Å². The van der Waals surface area contributed by atoms with Gasteiger partial charge in [0.2, 0.25) is 10.0 Å². The number of esters is 1. The van der Waals surface area contributed by atoms with Gasteiger partial charge in [0.05, 0.1) is 24.5 Å². The lowest BCUT2D eigenvalue weighted by Crippen LogP contribution is -2.48. The molecule has 0 saturated carbocycles. The number of carbonyl (C=O) groups is 1. The van der Waals surface area contributed by atoms with E-state index < -0.39 is 16.0 Å². The summed E-state index contributed by atoms with van der Waals surface area (Å²) in [6.45, 7) is 0.821. The molecule has 26 heavy (non-hydrogen) atoms. The molecule has 2 heterocycles. The van der Waals surface area contributed by atoms with Crippen molar-refractivity contribution < 1.29 is 22.7 Å². The summed E-state index contributed by atoms with van der Waals surface area (Å²) in [4.78, 5) is 13.9. The number of methoxy groups -OCH3 is 1. The molecule has 2 aromatic carbocycles. The average Bonchev–Trinajstić information content (AvgIpc) is 3.09. The van der Waals surface area contributed by atoms with E-state index in [1.165, 1.54) is 13.2 Å². The fraction of sp³-hybridized carbons (Fsp3) is 0.278. The third-order valence-electron chi connectivity index (χ3n) is 4.57. The first kappa shape index (κ1) is 16.9. The molecule has 2 aliphatic rings. The Morgan fingerprint density at radius 2 is 2.00 bits per heavy atom. The summed E-state index contributed by atoms with van der Waals surface area (Å²) < 4.78 is 38.3. The Labute approximate surface area is 151 Å². The molecule has 1 atom stereocenters. The van der Waals surface area contributed by atoms with Gasteiger partial charge in [0.25, 0.3) is 0 Å². The maximum atomic E-state index is 12.5. The average molecular weight is 374 g/mol. The summed E-state index contributed by atoms with van der Waals surface area (Å²) in [5.41, 5.74) is 1.05. The van der Waals surface area contributed by atoms with Gasteiger partial charge in [-0.05, 0) is 43.2 Å². The summed E-state index contributed by atoms with van der Waals surface area (Å²) in [7, 11) is -2.27. The van der Waals surface area contributed by atoms with Gasteiger partial charge < -0.3 is 14.4 Å². The first-order chi connectivity index (χ1) is 12.5. The van der Waals surface area contributed by atoms with Crippen LogP contribution < -0.4 is 14.4 Å². The van der Waals surface area contributed by atoms with Crippen LogP contribution in [0.15, 0.2) is 47.4 Å². The van der Waals surface area contributed by atoms with Gasteiger partial charge in [-0.2, -0.15) is 4.72 Å². The van der Waals surface area contributed by atoms with Gasteiger partial charge in [-0.3, -0.25) is 0 Å². The van der Waals surface area contributed by atoms with Gasteiger partial charge in [0.15, 0.2) is 0 Å². The highest BCUT2D eigenvalue weighted by atomic mass is 32.2. The van der Waals surface area contributed by atoms with E-state index in [1.54, 1.807) is 36.4 Å². The molecule has 1 fully saturated rings. The predicted octanol–water partition coefficient (Wildman–Crippen LogP) is 2.48. The SMILES string of the molecule is COC(=O)c1cccc(Oc2ccc3c(c2)S(=O)(=O)NC2CCCN32)c1. The lowest BCUT2D eigenvalue weighted by Gasteiger charge is -2.33. The Kier molecular flexibility index (Phi) is 4.08. The van der Waals surface area contributed by atoms with Crippen LogP contribution in [0.2, 0.25) is 0 Å². The number of sulfonamides is 1. The van der Waals surface area contributed by atoms with Crippen molar-refractivity contribution in [1.82, 2.24) is 4.72 Å². The van der Waals surface area contributed by atoms with E-state index in [2.05, 4.69) is 9.62 Å². The highest BCUT2D eigenvalue weighted by Crippen LogP contribution is 2.38. The van der Waals surface area contributed by atoms with Gasteiger partial charge in [-0.25, -0.2) is 13.2 Å². The summed E-state index contributed by atoms with van der Waals surface area (Å²) in [5, 5.41) is 0. The smallest absolute Gasteiger partial charge is 0.337 e. The van der Waals surface area contributed by atoms with Gasteiger partial charge in [-0.15, -0.1) is 0 Å². The second-order valence-corrected chi connectivity index (χ2v) is 7.91. The van der Waals surface area contributed by atoms with Gasteiger partial charge in [0, 0.05) is 12.6 Å². The molecule has 0 bridgehead atoms. The number of carbonyl (C=O) groups excluding carboxylic acids is 1. The number of ether oxygens (including phenoxy) is 2. The van der Waals surface area contributed by atoms with Crippen LogP contribution in [0, 0.1) is 0 Å². The number of nitrogens with zero attached hydrogens (tertiary/aromatic N) is 1. The van der Waals surface area contributed by atoms with E-state index in [4.69, 9.17) is 9.47 Å². The number of nitrogens with one attached hydrogen (secondary N) is 1. The lowest BCUT2D eigenvalue weighted by atomic mass is 10.2. The molecular weight excluding hydrogens is 356 g/mol. The van der Waals surface area contributed by atoms with Crippen molar-refractivity contribution in [1.29, 1.82) is 0 Å².